The van der Waals surface area contributed by atoms with Gasteiger partial charge in [-0.3, -0.25) is 0 Å². The van der Waals surface area contributed by atoms with Crippen LogP contribution in [0, 0.1) is 0 Å². The Bertz CT molecular complexity index is 599. The van der Waals surface area contributed by atoms with E-state index >= 15 is 0 Å². The lowest BCUT2D eigenvalue weighted by atomic mass is 10.2. The van der Waals surface area contributed by atoms with E-state index in [1.54, 1.807) is 12.5 Å². The van der Waals surface area contributed by atoms with Gasteiger partial charge in [0.25, 0.3) is 0 Å². The average molecular weight is 267 g/mol. The van der Waals surface area contributed by atoms with E-state index in [4.69, 9.17) is 4.74 Å². The molecule has 0 fully saturated rings. The summed E-state index contributed by atoms with van der Waals surface area (Å²) in [6, 6.07) is 8.19. The van der Waals surface area contributed by atoms with Crippen molar-refractivity contribution >= 4 is 0 Å². The summed E-state index contributed by atoms with van der Waals surface area (Å²) in [7, 11) is 0. The molecule has 2 aromatic rings. The number of rotatable bonds is 5. The number of hydrogen-bond donors (Lipinski definition) is 0. The molecule has 0 aliphatic carbocycles. The molecule has 1 aliphatic heterocycles. The molecule has 0 unspecified atom stereocenters. The number of aromatic nitrogens is 2. The Labute approximate surface area is 118 Å². The molecule has 1 aliphatic rings. The highest BCUT2D eigenvalue weighted by molar-refractivity contribution is 5.29. The Kier molecular flexibility index (Phi) is 3.54. The minimum atomic E-state index is 0.480. The van der Waals surface area contributed by atoms with Crippen LogP contribution in [-0.4, -0.2) is 21.0 Å². The summed E-state index contributed by atoms with van der Waals surface area (Å²) in [6.07, 6.45) is 9.50. The number of ether oxygens (including phenoxy) is 1. The van der Waals surface area contributed by atoms with Gasteiger partial charge in [0.2, 0.25) is 0 Å². The van der Waals surface area contributed by atoms with Gasteiger partial charge in [0, 0.05) is 31.7 Å². The van der Waals surface area contributed by atoms with E-state index < -0.39 is 0 Å². The average Bonchev–Trinajstić information content (AvgIpc) is 3.10. The van der Waals surface area contributed by atoms with Crippen LogP contribution in [0.25, 0.3) is 0 Å². The summed E-state index contributed by atoms with van der Waals surface area (Å²) in [6.45, 7) is 6.25. The van der Waals surface area contributed by atoms with E-state index in [1.165, 1.54) is 5.56 Å². The first-order chi connectivity index (χ1) is 9.79. The van der Waals surface area contributed by atoms with Gasteiger partial charge in [-0.25, -0.2) is 4.98 Å². The summed E-state index contributed by atoms with van der Waals surface area (Å²) in [5.74, 6) is 0.865. The van der Waals surface area contributed by atoms with Gasteiger partial charge < -0.3 is 14.2 Å². The predicted molar refractivity (Wildman–Crippen MR) is 78.0 cm³/mol. The quantitative estimate of drug-likeness (QED) is 0.834. The van der Waals surface area contributed by atoms with Gasteiger partial charge in [0.05, 0.1) is 6.33 Å². The summed E-state index contributed by atoms with van der Waals surface area (Å²) in [5, 5.41) is 0. The second kappa shape index (κ2) is 5.65. The van der Waals surface area contributed by atoms with Crippen LogP contribution in [0.5, 0.6) is 5.75 Å². The van der Waals surface area contributed by atoms with Crippen LogP contribution in [0.15, 0.2) is 67.4 Å². The summed E-state index contributed by atoms with van der Waals surface area (Å²) >= 11 is 0. The SMILES string of the molecule is C=C1C=CN(Cc2ccc(OCn3ccnc3)cc2)C1. The normalized spacial score (nSPS) is 14.0. The Hall–Kier alpha value is -2.49. The fraction of sp³-hybridized carbons (Fsp3) is 0.188. The molecule has 4 nitrogen and oxygen atoms in total. The van der Waals surface area contributed by atoms with Crippen LogP contribution < -0.4 is 4.74 Å². The Morgan fingerprint density at radius 2 is 2.10 bits per heavy atom. The minimum Gasteiger partial charge on any atom is -0.473 e. The zero-order valence-electron chi connectivity index (χ0n) is 11.3. The summed E-state index contributed by atoms with van der Waals surface area (Å²) in [4.78, 5) is 6.22. The van der Waals surface area contributed by atoms with E-state index in [-0.39, 0.29) is 0 Å². The zero-order chi connectivity index (χ0) is 13.8. The summed E-state index contributed by atoms with van der Waals surface area (Å²) < 4.78 is 7.56. The van der Waals surface area contributed by atoms with Gasteiger partial charge in [0.15, 0.2) is 6.73 Å². The molecule has 2 heterocycles. The molecule has 0 saturated heterocycles. The van der Waals surface area contributed by atoms with Gasteiger partial charge in [-0.1, -0.05) is 18.7 Å². The van der Waals surface area contributed by atoms with E-state index in [1.807, 2.05) is 22.9 Å². The molecular weight excluding hydrogens is 250 g/mol. The van der Waals surface area contributed by atoms with Crippen molar-refractivity contribution in [3.8, 4) is 5.75 Å². The molecule has 0 radical (unpaired) electrons. The van der Waals surface area contributed by atoms with Crippen molar-refractivity contribution in [2.45, 2.75) is 13.3 Å². The molecule has 0 atom stereocenters. The van der Waals surface area contributed by atoms with Crippen molar-refractivity contribution in [3.63, 3.8) is 0 Å². The fourth-order valence-electron chi connectivity index (χ4n) is 2.12. The number of nitrogens with zero attached hydrogens (tertiary/aromatic N) is 3. The lowest BCUT2D eigenvalue weighted by Crippen LogP contribution is -2.14. The maximum absolute atomic E-state index is 5.67. The molecule has 0 amide bonds. The highest BCUT2D eigenvalue weighted by Gasteiger charge is 2.07. The standard InChI is InChI=1S/C16H17N3O/c1-14-6-8-18(10-14)11-15-2-4-16(5-3-15)20-13-19-9-7-17-12-19/h2-9,12H,1,10-11,13H2. The Morgan fingerprint density at radius 1 is 1.25 bits per heavy atom. The largest absolute Gasteiger partial charge is 0.473 e. The van der Waals surface area contributed by atoms with Gasteiger partial charge in [-0.2, -0.15) is 0 Å². The lowest BCUT2D eigenvalue weighted by Gasteiger charge is -2.15. The van der Waals surface area contributed by atoms with E-state index in [0.29, 0.717) is 6.73 Å². The highest BCUT2D eigenvalue weighted by Crippen LogP contribution is 2.17. The maximum Gasteiger partial charge on any atom is 0.165 e. The predicted octanol–water partition coefficient (Wildman–Crippen LogP) is 2.81. The monoisotopic (exact) mass is 267 g/mol. The second-order valence-corrected chi connectivity index (χ2v) is 4.87. The molecule has 4 heteroatoms. The zero-order valence-corrected chi connectivity index (χ0v) is 11.3. The van der Waals surface area contributed by atoms with Crippen LogP contribution >= 0.6 is 0 Å². The summed E-state index contributed by atoms with van der Waals surface area (Å²) in [5.41, 5.74) is 2.42. The second-order valence-electron chi connectivity index (χ2n) is 4.87. The molecular formula is C16H17N3O. The number of benzene rings is 1. The first-order valence-corrected chi connectivity index (χ1v) is 6.57. The minimum absolute atomic E-state index is 0.480. The van der Waals surface area contributed by atoms with Crippen molar-refractivity contribution in [1.82, 2.24) is 14.5 Å². The molecule has 0 bridgehead atoms. The first kappa shape index (κ1) is 12.5. The van der Waals surface area contributed by atoms with Gasteiger partial charge in [-0.15, -0.1) is 0 Å². The molecule has 1 aromatic carbocycles. The molecule has 0 saturated carbocycles. The fourth-order valence-corrected chi connectivity index (χ4v) is 2.12. The van der Waals surface area contributed by atoms with Gasteiger partial charge in [-0.05, 0) is 29.3 Å². The maximum atomic E-state index is 5.67. The van der Waals surface area contributed by atoms with E-state index in [9.17, 15) is 0 Å². The number of hydrogen-bond acceptors (Lipinski definition) is 3. The third-order valence-corrected chi connectivity index (χ3v) is 3.18. The molecule has 102 valence electrons. The van der Waals surface area contributed by atoms with Crippen molar-refractivity contribution in [1.29, 1.82) is 0 Å². The molecule has 3 rings (SSSR count). The first-order valence-electron chi connectivity index (χ1n) is 6.57. The molecule has 0 spiro atoms. The van der Waals surface area contributed by atoms with Crippen LogP contribution in [0.4, 0.5) is 0 Å². The van der Waals surface area contributed by atoms with Gasteiger partial charge >= 0.3 is 0 Å². The van der Waals surface area contributed by atoms with E-state index in [2.05, 4.69) is 40.9 Å². The van der Waals surface area contributed by atoms with E-state index in [0.717, 1.165) is 24.4 Å². The smallest absolute Gasteiger partial charge is 0.165 e. The molecule has 1 aromatic heterocycles. The third kappa shape index (κ3) is 3.09. The third-order valence-electron chi connectivity index (χ3n) is 3.18. The van der Waals surface area contributed by atoms with Crippen molar-refractivity contribution in [3.05, 3.63) is 73.0 Å². The van der Waals surface area contributed by atoms with Crippen molar-refractivity contribution in [2.75, 3.05) is 6.54 Å². The topological polar surface area (TPSA) is 30.3 Å². The van der Waals surface area contributed by atoms with Gasteiger partial charge in [0.1, 0.15) is 5.75 Å². The van der Waals surface area contributed by atoms with Crippen LogP contribution in [0.2, 0.25) is 0 Å². The van der Waals surface area contributed by atoms with Crippen molar-refractivity contribution in [2.24, 2.45) is 0 Å². The Balaban J connectivity index is 1.54. The molecule has 0 N–H and O–H groups in total. The molecule has 20 heavy (non-hydrogen) atoms. The highest BCUT2D eigenvalue weighted by atomic mass is 16.5. The van der Waals surface area contributed by atoms with Crippen molar-refractivity contribution < 1.29 is 4.74 Å². The van der Waals surface area contributed by atoms with Crippen LogP contribution in [-0.2, 0) is 13.3 Å². The van der Waals surface area contributed by atoms with Crippen LogP contribution in [0.1, 0.15) is 5.56 Å². The number of imidazole rings is 1. The van der Waals surface area contributed by atoms with Crippen LogP contribution in [0.3, 0.4) is 0 Å². The lowest BCUT2D eigenvalue weighted by molar-refractivity contribution is 0.236. The Morgan fingerprint density at radius 3 is 2.75 bits per heavy atom.